The van der Waals surface area contributed by atoms with Crippen molar-refractivity contribution < 1.29 is 19.6 Å². The molecular weight excluding hydrogens is 298 g/mol. The number of carbonyl (C=O) groups is 2. The Balaban J connectivity index is 2.17. The minimum Gasteiger partial charge on any atom is -0.476 e. The molecule has 8 nitrogen and oxygen atoms in total. The van der Waals surface area contributed by atoms with Crippen LogP contribution in [0.1, 0.15) is 25.9 Å². The van der Waals surface area contributed by atoms with Gasteiger partial charge in [-0.25, -0.2) is 9.78 Å². The van der Waals surface area contributed by atoms with E-state index < -0.39 is 16.8 Å². The summed E-state index contributed by atoms with van der Waals surface area (Å²) in [5, 5.41) is 23.2. The molecule has 0 saturated carbocycles. The number of rotatable bonds is 4. The summed E-state index contributed by atoms with van der Waals surface area (Å²) < 4.78 is 0. The normalized spacial score (nSPS) is 10.1. The van der Waals surface area contributed by atoms with Gasteiger partial charge in [-0.3, -0.25) is 14.9 Å². The number of aryl methyl sites for hydroxylation is 1. The number of benzene rings is 1. The molecule has 1 heterocycles. The van der Waals surface area contributed by atoms with Crippen molar-refractivity contribution in [2.75, 3.05) is 5.32 Å². The number of nitro groups is 1. The van der Waals surface area contributed by atoms with E-state index in [0.29, 0.717) is 11.3 Å². The van der Waals surface area contributed by atoms with E-state index in [1.807, 2.05) is 0 Å². The molecule has 1 amide bonds. The maximum atomic E-state index is 11.9. The quantitative estimate of drug-likeness (QED) is 0.660. The van der Waals surface area contributed by atoms with E-state index in [1.54, 1.807) is 6.92 Å². The van der Waals surface area contributed by atoms with Gasteiger partial charge in [0.15, 0.2) is 10.7 Å². The van der Waals surface area contributed by atoms with Gasteiger partial charge in [0.25, 0.3) is 11.6 Å². The molecule has 9 heteroatoms. The first-order valence-electron chi connectivity index (χ1n) is 5.63. The third-order valence-electron chi connectivity index (χ3n) is 2.57. The first kappa shape index (κ1) is 14.6. The molecule has 1 aromatic heterocycles. The number of carboxylic acids is 1. The molecule has 2 aromatic rings. The van der Waals surface area contributed by atoms with E-state index in [1.165, 1.54) is 23.6 Å². The van der Waals surface area contributed by atoms with E-state index >= 15 is 0 Å². The summed E-state index contributed by atoms with van der Waals surface area (Å²) >= 11 is 0.905. The van der Waals surface area contributed by atoms with Crippen molar-refractivity contribution in [1.29, 1.82) is 0 Å². The molecule has 2 N–H and O–H groups in total. The molecule has 108 valence electrons. The molecule has 1 aromatic carbocycles. The number of amides is 1. The topological polar surface area (TPSA) is 122 Å². The Bertz CT molecular complexity index is 740. The Hall–Kier alpha value is -2.81. The SMILES string of the molecule is Cc1cc(NC(=O)c2nc(C(=O)O)cs2)ccc1[N+](=O)[O-]. The highest BCUT2D eigenvalue weighted by Crippen LogP contribution is 2.22. The predicted molar refractivity (Wildman–Crippen MR) is 74.9 cm³/mol. The number of anilines is 1. The monoisotopic (exact) mass is 307 g/mol. The molecule has 0 unspecified atom stereocenters. The molecule has 0 aliphatic carbocycles. The smallest absolute Gasteiger partial charge is 0.355 e. The predicted octanol–water partition coefficient (Wildman–Crippen LogP) is 2.31. The molecule has 0 radical (unpaired) electrons. The summed E-state index contributed by atoms with van der Waals surface area (Å²) in [5.41, 5.74) is 0.527. The van der Waals surface area contributed by atoms with Gasteiger partial charge in [-0.2, -0.15) is 0 Å². The minimum atomic E-state index is -1.21. The molecule has 0 atom stereocenters. The average molecular weight is 307 g/mol. The Morgan fingerprint density at radius 1 is 1.43 bits per heavy atom. The first-order valence-corrected chi connectivity index (χ1v) is 6.51. The van der Waals surface area contributed by atoms with Crippen LogP contribution in [0.15, 0.2) is 23.6 Å². The van der Waals surface area contributed by atoms with Crippen molar-refractivity contribution in [2.24, 2.45) is 0 Å². The van der Waals surface area contributed by atoms with E-state index in [9.17, 15) is 19.7 Å². The van der Waals surface area contributed by atoms with Gasteiger partial charge >= 0.3 is 5.97 Å². The van der Waals surface area contributed by atoms with E-state index in [0.717, 1.165) is 11.3 Å². The molecule has 2 rings (SSSR count). The summed E-state index contributed by atoms with van der Waals surface area (Å²) in [6.45, 7) is 1.56. The zero-order valence-corrected chi connectivity index (χ0v) is 11.5. The molecule has 0 aliphatic heterocycles. The highest BCUT2D eigenvalue weighted by atomic mass is 32.1. The van der Waals surface area contributed by atoms with Crippen LogP contribution >= 0.6 is 11.3 Å². The van der Waals surface area contributed by atoms with Gasteiger partial charge in [-0.05, 0) is 19.1 Å². The van der Waals surface area contributed by atoms with Crippen LogP contribution in [0.2, 0.25) is 0 Å². The highest BCUT2D eigenvalue weighted by molar-refractivity contribution is 7.12. The van der Waals surface area contributed by atoms with Gasteiger partial charge in [0.1, 0.15) is 0 Å². The number of hydrogen-bond donors (Lipinski definition) is 2. The standard InChI is InChI=1S/C12H9N3O5S/c1-6-4-7(2-3-9(6)15(19)20)13-10(16)11-14-8(5-21-11)12(17)18/h2-5H,1H3,(H,13,16)(H,17,18). The molecule has 0 spiro atoms. The number of carbonyl (C=O) groups excluding carboxylic acids is 1. The van der Waals surface area contributed by atoms with E-state index in [4.69, 9.17) is 5.11 Å². The summed E-state index contributed by atoms with van der Waals surface area (Å²) in [5.74, 6) is -1.78. The fourth-order valence-electron chi connectivity index (χ4n) is 1.60. The third kappa shape index (κ3) is 3.20. The van der Waals surface area contributed by atoms with Gasteiger partial charge in [0, 0.05) is 22.7 Å². The Morgan fingerprint density at radius 2 is 2.14 bits per heavy atom. The minimum absolute atomic E-state index is 0.00315. The van der Waals surface area contributed by atoms with Crippen molar-refractivity contribution in [3.05, 3.63) is 50.0 Å². The largest absolute Gasteiger partial charge is 0.476 e. The molecule has 21 heavy (non-hydrogen) atoms. The van der Waals surface area contributed by atoms with Gasteiger partial charge in [-0.1, -0.05) is 0 Å². The van der Waals surface area contributed by atoms with Crippen LogP contribution in [0.3, 0.4) is 0 Å². The molecule has 0 saturated heterocycles. The van der Waals surface area contributed by atoms with Crippen LogP contribution in [0.25, 0.3) is 0 Å². The number of nitro benzene ring substituents is 1. The summed E-state index contributed by atoms with van der Waals surface area (Å²) in [7, 11) is 0. The third-order valence-corrected chi connectivity index (χ3v) is 3.41. The van der Waals surface area contributed by atoms with Crippen LogP contribution in [-0.4, -0.2) is 26.9 Å². The van der Waals surface area contributed by atoms with Gasteiger partial charge in [0.05, 0.1) is 4.92 Å². The van der Waals surface area contributed by atoms with Gasteiger partial charge in [0.2, 0.25) is 0 Å². The van der Waals surface area contributed by atoms with E-state index in [-0.39, 0.29) is 16.4 Å². The zero-order chi connectivity index (χ0) is 15.6. The lowest BCUT2D eigenvalue weighted by Crippen LogP contribution is -2.12. The second kappa shape index (κ2) is 5.67. The molecule has 0 fully saturated rings. The average Bonchev–Trinajstić information content (AvgIpc) is 2.88. The summed E-state index contributed by atoms with van der Waals surface area (Å²) in [6, 6.07) is 4.14. The highest BCUT2D eigenvalue weighted by Gasteiger charge is 2.16. The van der Waals surface area contributed by atoms with Crippen LogP contribution < -0.4 is 5.32 Å². The fraction of sp³-hybridized carbons (Fsp3) is 0.0833. The lowest BCUT2D eigenvalue weighted by molar-refractivity contribution is -0.385. The van der Waals surface area contributed by atoms with Crippen LogP contribution in [0.5, 0.6) is 0 Å². The van der Waals surface area contributed by atoms with Gasteiger partial charge in [-0.15, -0.1) is 11.3 Å². The number of carboxylic acid groups (broad SMARTS) is 1. The van der Waals surface area contributed by atoms with Crippen molar-refractivity contribution in [2.45, 2.75) is 6.92 Å². The second-order valence-corrected chi connectivity index (χ2v) is 4.91. The maximum Gasteiger partial charge on any atom is 0.355 e. The summed E-state index contributed by atoms with van der Waals surface area (Å²) in [4.78, 5) is 36.4. The van der Waals surface area contributed by atoms with Crippen molar-refractivity contribution in [3.63, 3.8) is 0 Å². The Kier molecular flexibility index (Phi) is 3.94. The van der Waals surface area contributed by atoms with E-state index in [2.05, 4.69) is 10.3 Å². The van der Waals surface area contributed by atoms with Crippen LogP contribution in [-0.2, 0) is 0 Å². The lowest BCUT2D eigenvalue weighted by Gasteiger charge is -2.04. The Labute approximate surface area is 122 Å². The zero-order valence-electron chi connectivity index (χ0n) is 10.7. The molecule has 0 bridgehead atoms. The molecule has 0 aliphatic rings. The molecular formula is C12H9N3O5S. The summed E-state index contributed by atoms with van der Waals surface area (Å²) in [6.07, 6.45) is 0. The number of nitrogens with zero attached hydrogens (tertiary/aromatic N) is 2. The number of aromatic nitrogens is 1. The van der Waals surface area contributed by atoms with Gasteiger partial charge < -0.3 is 10.4 Å². The van der Waals surface area contributed by atoms with Crippen LogP contribution in [0.4, 0.5) is 11.4 Å². The number of thiazole rings is 1. The maximum absolute atomic E-state index is 11.9. The number of nitrogens with one attached hydrogen (secondary N) is 1. The van der Waals surface area contributed by atoms with Crippen LogP contribution in [0, 0.1) is 17.0 Å². The second-order valence-electron chi connectivity index (χ2n) is 4.06. The van der Waals surface area contributed by atoms with Crippen molar-refractivity contribution in [1.82, 2.24) is 4.98 Å². The van der Waals surface area contributed by atoms with Crippen molar-refractivity contribution in [3.8, 4) is 0 Å². The number of aromatic carboxylic acids is 1. The van der Waals surface area contributed by atoms with Crippen molar-refractivity contribution >= 4 is 34.6 Å². The Morgan fingerprint density at radius 3 is 2.67 bits per heavy atom. The first-order chi connectivity index (χ1) is 9.88. The fourth-order valence-corrected chi connectivity index (χ4v) is 2.28. The lowest BCUT2D eigenvalue weighted by atomic mass is 10.2. The number of hydrogen-bond acceptors (Lipinski definition) is 6.